The molecule has 1 atom stereocenters. The number of nitro benzene ring substituents is 1. The van der Waals surface area contributed by atoms with Gasteiger partial charge in [0.25, 0.3) is 5.69 Å². The van der Waals surface area contributed by atoms with Crippen LogP contribution >= 0.6 is 11.6 Å². The maximum absolute atomic E-state index is 11.8. The van der Waals surface area contributed by atoms with E-state index in [0.29, 0.717) is 40.4 Å². The van der Waals surface area contributed by atoms with E-state index in [1.54, 1.807) is 18.2 Å². The highest BCUT2D eigenvalue weighted by Gasteiger charge is 2.27. The quantitative estimate of drug-likeness (QED) is 0.166. The number of nitrogens with zero attached hydrogens (tertiary/aromatic N) is 2. The molecule has 8 nitrogen and oxygen atoms in total. The van der Waals surface area contributed by atoms with Crippen molar-refractivity contribution in [2.24, 2.45) is 0 Å². The molecule has 36 heavy (non-hydrogen) atoms. The Balaban J connectivity index is 1.53. The first-order valence-electron chi connectivity index (χ1n) is 11.5. The van der Waals surface area contributed by atoms with Gasteiger partial charge < -0.3 is 19.7 Å². The summed E-state index contributed by atoms with van der Waals surface area (Å²) in [5.74, 6) is 0.967. The number of ether oxygens (including phenoxy) is 2. The summed E-state index contributed by atoms with van der Waals surface area (Å²) in [6.07, 6.45) is 1.69. The fourth-order valence-electron chi connectivity index (χ4n) is 4.56. The number of hydrogen-bond donors (Lipinski definition) is 1. The molecule has 1 N–H and O–H groups in total. The number of nitro groups is 1. The van der Waals surface area contributed by atoms with Gasteiger partial charge in [-0.2, -0.15) is 0 Å². The Hall–Kier alpha value is -3.78. The van der Waals surface area contributed by atoms with Crippen LogP contribution in [0.3, 0.4) is 0 Å². The number of carbonyl (C=O) groups excluding carboxylic acids is 1. The van der Waals surface area contributed by atoms with Gasteiger partial charge in [0.1, 0.15) is 6.61 Å². The second kappa shape index (κ2) is 10.9. The molecule has 3 aromatic rings. The Labute approximate surface area is 214 Å². The number of likely N-dealkylation sites (N-methyl/N-ethyl adjacent to an activating group) is 1. The molecular formula is C27H28ClN3O5. The van der Waals surface area contributed by atoms with Crippen LogP contribution < -0.4 is 19.7 Å². The highest BCUT2D eigenvalue weighted by atomic mass is 35.5. The van der Waals surface area contributed by atoms with E-state index in [1.807, 2.05) is 0 Å². The van der Waals surface area contributed by atoms with Crippen molar-refractivity contribution in [2.75, 3.05) is 30.9 Å². The van der Waals surface area contributed by atoms with E-state index in [1.165, 1.54) is 36.1 Å². The van der Waals surface area contributed by atoms with Crippen molar-refractivity contribution in [3.8, 4) is 11.5 Å². The van der Waals surface area contributed by atoms with Gasteiger partial charge in [0.15, 0.2) is 17.8 Å². The normalized spacial score (nSPS) is 14.3. The number of hydrogen-bond acceptors (Lipinski definition) is 7. The highest BCUT2D eigenvalue weighted by Crippen LogP contribution is 2.36. The van der Waals surface area contributed by atoms with Crippen LogP contribution in [0.2, 0.25) is 0 Å². The number of methoxy groups -OCH3 is 1. The molecule has 3 aromatic carbocycles. The van der Waals surface area contributed by atoms with E-state index < -0.39 is 4.92 Å². The number of halogens is 1. The van der Waals surface area contributed by atoms with Crippen LogP contribution in [0.15, 0.2) is 48.5 Å². The number of anilines is 2. The third kappa shape index (κ3) is 5.23. The highest BCUT2D eigenvalue weighted by molar-refractivity contribution is 6.17. The Kier molecular flexibility index (Phi) is 7.64. The molecule has 4 rings (SSSR count). The monoisotopic (exact) mass is 509 g/mol. The zero-order chi connectivity index (χ0) is 25.8. The van der Waals surface area contributed by atoms with Crippen LogP contribution in [0.1, 0.15) is 32.6 Å². The Morgan fingerprint density at radius 1 is 1.19 bits per heavy atom. The predicted molar refractivity (Wildman–Crippen MR) is 141 cm³/mol. The zero-order valence-electron chi connectivity index (χ0n) is 20.4. The van der Waals surface area contributed by atoms with Crippen molar-refractivity contribution in [3.05, 3.63) is 86.5 Å². The molecule has 0 amide bonds. The third-order valence-electron chi connectivity index (χ3n) is 6.54. The van der Waals surface area contributed by atoms with Gasteiger partial charge in [-0.15, -0.1) is 11.6 Å². The van der Waals surface area contributed by atoms with Crippen LogP contribution in [0, 0.1) is 17.0 Å². The zero-order valence-corrected chi connectivity index (χ0v) is 21.2. The smallest absolute Gasteiger partial charge is 0.270 e. The summed E-state index contributed by atoms with van der Waals surface area (Å²) in [6, 6.07) is 14.6. The number of aldehydes is 1. The number of benzene rings is 3. The summed E-state index contributed by atoms with van der Waals surface area (Å²) in [4.78, 5) is 24.9. The van der Waals surface area contributed by atoms with E-state index in [-0.39, 0.29) is 24.2 Å². The summed E-state index contributed by atoms with van der Waals surface area (Å²) >= 11 is 5.90. The van der Waals surface area contributed by atoms with Gasteiger partial charge >= 0.3 is 0 Å². The lowest BCUT2D eigenvalue weighted by Crippen LogP contribution is -2.34. The molecule has 188 valence electrons. The minimum absolute atomic E-state index is 0.0470. The van der Waals surface area contributed by atoms with Crippen molar-refractivity contribution < 1.29 is 19.2 Å². The molecule has 1 aliphatic rings. The van der Waals surface area contributed by atoms with Crippen molar-refractivity contribution in [1.29, 1.82) is 0 Å². The minimum Gasteiger partial charge on any atom is -0.493 e. The number of rotatable bonds is 10. The first-order valence-corrected chi connectivity index (χ1v) is 12.1. The van der Waals surface area contributed by atoms with E-state index in [4.69, 9.17) is 21.1 Å². The summed E-state index contributed by atoms with van der Waals surface area (Å²) in [5.41, 5.74) is 6.11. The molecule has 0 fully saturated rings. The molecule has 0 aromatic heterocycles. The fourth-order valence-corrected chi connectivity index (χ4v) is 4.71. The maximum atomic E-state index is 11.8. The Morgan fingerprint density at radius 2 is 1.97 bits per heavy atom. The number of non-ortho nitro benzene ring substituents is 1. The minimum atomic E-state index is -0.457. The maximum Gasteiger partial charge on any atom is 0.270 e. The second-order valence-corrected chi connectivity index (χ2v) is 9.08. The van der Waals surface area contributed by atoms with E-state index in [2.05, 4.69) is 42.4 Å². The molecule has 0 saturated carbocycles. The number of aryl methyl sites for hydroxylation is 1. The topological polar surface area (TPSA) is 93.9 Å². The van der Waals surface area contributed by atoms with E-state index in [9.17, 15) is 14.9 Å². The molecular weight excluding hydrogens is 482 g/mol. The lowest BCUT2D eigenvalue weighted by atomic mass is 10.0. The SMILES string of the molecule is COc1cc(C=O)c(NCC2Cc3c(C)cccc3N2C)cc1OCc1cc(CCl)cc([N+](=O)[O-])c1. The fraction of sp³-hybridized carbons (Fsp3) is 0.296. The molecule has 1 aliphatic heterocycles. The lowest BCUT2D eigenvalue weighted by molar-refractivity contribution is -0.385. The van der Waals surface area contributed by atoms with Gasteiger partial charge in [0.2, 0.25) is 0 Å². The van der Waals surface area contributed by atoms with Crippen LogP contribution in [0.25, 0.3) is 0 Å². The Bertz CT molecular complexity index is 1300. The summed E-state index contributed by atoms with van der Waals surface area (Å²) < 4.78 is 11.4. The standard InChI is InChI=1S/C27H28ClN3O5/c1-17-5-4-6-25-23(17)11-22(30(25)2)14-29-24-12-27(26(35-3)10-20(24)15-32)36-16-19-7-18(13-28)8-21(9-19)31(33)34/h4-10,12,15,22,29H,11,13-14,16H2,1-3H3. The first kappa shape index (κ1) is 25.3. The van der Waals surface area contributed by atoms with Crippen molar-refractivity contribution in [1.82, 2.24) is 0 Å². The van der Waals surface area contributed by atoms with Crippen LogP contribution in [-0.2, 0) is 18.9 Å². The molecule has 0 spiro atoms. The summed E-state index contributed by atoms with van der Waals surface area (Å²) in [5, 5.41) is 14.7. The predicted octanol–water partition coefficient (Wildman–Crippen LogP) is 5.52. The van der Waals surface area contributed by atoms with Crippen LogP contribution in [0.5, 0.6) is 11.5 Å². The van der Waals surface area contributed by atoms with Crippen LogP contribution in [-0.4, -0.2) is 38.0 Å². The van der Waals surface area contributed by atoms with Gasteiger partial charge in [-0.25, -0.2) is 0 Å². The largest absolute Gasteiger partial charge is 0.493 e. The second-order valence-electron chi connectivity index (χ2n) is 8.82. The summed E-state index contributed by atoms with van der Waals surface area (Å²) in [6.45, 7) is 2.82. The third-order valence-corrected chi connectivity index (χ3v) is 6.85. The molecule has 9 heteroatoms. The van der Waals surface area contributed by atoms with Gasteiger partial charge in [-0.05, 0) is 47.7 Å². The summed E-state index contributed by atoms with van der Waals surface area (Å²) in [7, 11) is 3.57. The van der Waals surface area contributed by atoms with Crippen molar-refractivity contribution in [2.45, 2.75) is 31.9 Å². The average molecular weight is 510 g/mol. The van der Waals surface area contributed by atoms with E-state index in [0.717, 1.165) is 12.7 Å². The molecule has 0 radical (unpaired) electrons. The van der Waals surface area contributed by atoms with Crippen LogP contribution in [0.4, 0.5) is 17.1 Å². The molecule has 0 aliphatic carbocycles. The van der Waals surface area contributed by atoms with Gasteiger partial charge in [-0.3, -0.25) is 14.9 Å². The van der Waals surface area contributed by atoms with Crippen molar-refractivity contribution in [3.63, 3.8) is 0 Å². The number of fused-ring (bicyclic) bond motifs is 1. The first-order chi connectivity index (χ1) is 17.3. The number of carbonyl (C=O) groups is 1. The average Bonchev–Trinajstić information content (AvgIpc) is 3.22. The van der Waals surface area contributed by atoms with Gasteiger partial charge in [0.05, 0.1) is 18.1 Å². The number of alkyl halides is 1. The van der Waals surface area contributed by atoms with E-state index >= 15 is 0 Å². The van der Waals surface area contributed by atoms with Crippen molar-refractivity contribution >= 4 is 34.9 Å². The lowest BCUT2D eigenvalue weighted by Gasteiger charge is -2.24. The molecule has 1 heterocycles. The molecule has 1 unspecified atom stereocenters. The van der Waals surface area contributed by atoms with Gasteiger partial charge in [0, 0.05) is 54.6 Å². The van der Waals surface area contributed by atoms with Gasteiger partial charge in [-0.1, -0.05) is 18.2 Å². The molecule has 0 saturated heterocycles. The molecule has 0 bridgehead atoms. The Morgan fingerprint density at radius 3 is 2.64 bits per heavy atom. The number of nitrogens with one attached hydrogen (secondary N) is 1.